The summed E-state index contributed by atoms with van der Waals surface area (Å²) in [7, 11) is 1.51. The van der Waals surface area contributed by atoms with Gasteiger partial charge in [-0.3, -0.25) is 0 Å². The van der Waals surface area contributed by atoms with Crippen molar-refractivity contribution in [2.24, 2.45) is 4.99 Å². The number of aliphatic hydroxyl groups excluding tert-OH is 4. The summed E-state index contributed by atoms with van der Waals surface area (Å²) in [5.74, 6) is 0.820. The lowest BCUT2D eigenvalue weighted by molar-refractivity contribution is -0.0755. The Kier molecular flexibility index (Phi) is 9.80. The van der Waals surface area contributed by atoms with Gasteiger partial charge in [0, 0.05) is 23.7 Å². The quantitative estimate of drug-likeness (QED) is 0.228. The van der Waals surface area contributed by atoms with E-state index in [2.05, 4.69) is 23.0 Å². The molecule has 198 valence electrons. The Balaban J connectivity index is 1.80. The molecule has 4 unspecified atom stereocenters. The number of hydrogen-bond acceptors (Lipinski definition) is 9. The number of fused-ring (bicyclic) bond motifs is 1. The zero-order valence-corrected chi connectivity index (χ0v) is 21.4. The van der Waals surface area contributed by atoms with E-state index >= 15 is 0 Å². The van der Waals surface area contributed by atoms with Crippen molar-refractivity contribution in [1.29, 1.82) is 5.26 Å². The number of ether oxygens (including phenoxy) is 2. The van der Waals surface area contributed by atoms with Crippen LogP contribution in [0, 0.1) is 11.3 Å². The third-order valence-electron chi connectivity index (χ3n) is 6.27. The molecule has 0 bridgehead atoms. The third-order valence-corrected chi connectivity index (χ3v) is 6.27. The van der Waals surface area contributed by atoms with Gasteiger partial charge in [-0.2, -0.15) is 5.26 Å². The zero-order valence-electron chi connectivity index (χ0n) is 21.4. The molecule has 9 nitrogen and oxygen atoms in total. The van der Waals surface area contributed by atoms with Crippen molar-refractivity contribution in [2.75, 3.05) is 20.3 Å². The van der Waals surface area contributed by atoms with Gasteiger partial charge in [0.1, 0.15) is 24.0 Å². The first-order chi connectivity index (χ1) is 17.7. The van der Waals surface area contributed by atoms with Crippen molar-refractivity contribution in [3.63, 3.8) is 0 Å². The SMILES string of the molecule is C=C(N=C(OC)c1ccc(OC(C)C)c(C#N)c1)c1cccc2c1CCC2NCC(O)C(O)C(O)CO. The van der Waals surface area contributed by atoms with Crippen molar-refractivity contribution >= 4 is 11.6 Å². The molecule has 0 spiro atoms. The summed E-state index contributed by atoms with van der Waals surface area (Å²) < 4.78 is 11.2. The minimum Gasteiger partial charge on any atom is -0.490 e. The lowest BCUT2D eigenvalue weighted by Crippen LogP contribution is -2.45. The second-order valence-corrected chi connectivity index (χ2v) is 9.24. The first kappa shape index (κ1) is 28.3. The highest BCUT2D eigenvalue weighted by Crippen LogP contribution is 2.36. The second-order valence-electron chi connectivity index (χ2n) is 9.24. The summed E-state index contributed by atoms with van der Waals surface area (Å²) in [6.45, 7) is 7.38. The van der Waals surface area contributed by atoms with Gasteiger partial charge >= 0.3 is 0 Å². The first-order valence-corrected chi connectivity index (χ1v) is 12.2. The molecule has 2 aromatic rings. The molecule has 0 saturated heterocycles. The fourth-order valence-corrected chi connectivity index (χ4v) is 4.40. The van der Waals surface area contributed by atoms with Gasteiger partial charge in [-0.1, -0.05) is 24.8 Å². The van der Waals surface area contributed by atoms with Crippen LogP contribution in [0.5, 0.6) is 5.75 Å². The van der Waals surface area contributed by atoms with E-state index in [1.54, 1.807) is 18.2 Å². The molecule has 0 fully saturated rings. The van der Waals surface area contributed by atoms with E-state index in [9.17, 15) is 20.6 Å². The number of methoxy groups -OCH3 is 1. The molecule has 2 aromatic carbocycles. The smallest absolute Gasteiger partial charge is 0.221 e. The summed E-state index contributed by atoms with van der Waals surface area (Å²) in [6.07, 6.45) is -2.61. The van der Waals surface area contributed by atoms with Crippen LogP contribution in [0.1, 0.15) is 54.1 Å². The summed E-state index contributed by atoms with van der Waals surface area (Å²) in [5, 5.41) is 51.4. The van der Waals surface area contributed by atoms with Gasteiger partial charge in [0.05, 0.1) is 37.2 Å². The van der Waals surface area contributed by atoms with Crippen LogP contribution in [-0.4, -0.2) is 71.0 Å². The molecule has 9 heteroatoms. The second kappa shape index (κ2) is 12.8. The topological polar surface area (TPSA) is 148 Å². The van der Waals surface area contributed by atoms with E-state index in [4.69, 9.17) is 14.6 Å². The van der Waals surface area contributed by atoms with Gasteiger partial charge in [0.2, 0.25) is 5.90 Å². The van der Waals surface area contributed by atoms with Gasteiger partial charge < -0.3 is 35.2 Å². The number of aliphatic imine (C=N–C) groups is 1. The molecule has 1 aliphatic carbocycles. The number of nitrogens with zero attached hydrogens (tertiary/aromatic N) is 2. The highest BCUT2D eigenvalue weighted by atomic mass is 16.5. The van der Waals surface area contributed by atoms with E-state index < -0.39 is 24.9 Å². The van der Waals surface area contributed by atoms with Crippen LogP contribution in [-0.2, 0) is 11.2 Å². The molecule has 4 atom stereocenters. The maximum Gasteiger partial charge on any atom is 0.221 e. The predicted octanol–water partition coefficient (Wildman–Crippen LogP) is 2.06. The van der Waals surface area contributed by atoms with E-state index in [0.29, 0.717) is 28.5 Å². The Morgan fingerprint density at radius 2 is 1.97 bits per heavy atom. The van der Waals surface area contributed by atoms with Crippen LogP contribution in [0.25, 0.3) is 5.70 Å². The molecule has 3 rings (SSSR count). The van der Waals surface area contributed by atoms with Crippen molar-refractivity contribution in [3.05, 3.63) is 70.8 Å². The van der Waals surface area contributed by atoms with Crippen molar-refractivity contribution in [1.82, 2.24) is 5.32 Å². The summed E-state index contributed by atoms with van der Waals surface area (Å²) in [4.78, 5) is 4.64. The van der Waals surface area contributed by atoms with Crippen molar-refractivity contribution in [3.8, 4) is 11.8 Å². The Bertz CT molecular complexity index is 1170. The molecule has 5 N–H and O–H groups in total. The molecular weight excluding hydrogens is 474 g/mol. The molecule has 37 heavy (non-hydrogen) atoms. The molecule has 0 saturated carbocycles. The monoisotopic (exact) mass is 509 g/mol. The first-order valence-electron chi connectivity index (χ1n) is 12.2. The number of nitriles is 1. The molecular formula is C28H35N3O6. The number of nitrogens with one attached hydrogen (secondary N) is 1. The third kappa shape index (κ3) is 6.74. The summed E-state index contributed by atoms with van der Waals surface area (Å²) in [6, 6.07) is 13.1. The van der Waals surface area contributed by atoms with E-state index in [0.717, 1.165) is 29.5 Å². The largest absolute Gasteiger partial charge is 0.490 e. The van der Waals surface area contributed by atoms with Crippen LogP contribution >= 0.6 is 0 Å². The molecule has 1 aliphatic rings. The number of aliphatic hydroxyl groups is 4. The molecule has 0 aliphatic heterocycles. The van der Waals surface area contributed by atoms with E-state index in [1.165, 1.54) is 7.11 Å². The lowest BCUT2D eigenvalue weighted by atomic mass is 10.00. The van der Waals surface area contributed by atoms with Gasteiger partial charge in [-0.15, -0.1) is 0 Å². The Morgan fingerprint density at radius 1 is 1.22 bits per heavy atom. The van der Waals surface area contributed by atoms with Crippen molar-refractivity contribution in [2.45, 2.75) is 57.1 Å². The zero-order chi connectivity index (χ0) is 27.1. The highest BCUT2D eigenvalue weighted by Gasteiger charge is 2.28. The number of hydrogen-bond donors (Lipinski definition) is 5. The number of rotatable bonds is 11. The molecule has 0 amide bonds. The van der Waals surface area contributed by atoms with Crippen LogP contribution < -0.4 is 10.1 Å². The molecule has 0 radical (unpaired) electrons. The van der Waals surface area contributed by atoms with Gasteiger partial charge in [0.25, 0.3) is 0 Å². The minimum absolute atomic E-state index is 0.0528. The Labute approximate surface area is 217 Å². The van der Waals surface area contributed by atoms with Crippen LogP contribution in [0.2, 0.25) is 0 Å². The Hall–Kier alpha value is -3.26. The Morgan fingerprint density at radius 3 is 2.62 bits per heavy atom. The summed E-state index contributed by atoms with van der Waals surface area (Å²) in [5.41, 5.74) is 4.51. The maximum atomic E-state index is 10.1. The maximum absolute atomic E-state index is 10.1. The highest BCUT2D eigenvalue weighted by molar-refractivity contribution is 5.98. The van der Waals surface area contributed by atoms with Gasteiger partial charge in [0.15, 0.2) is 0 Å². The van der Waals surface area contributed by atoms with Gasteiger partial charge in [-0.05, 0) is 56.0 Å². The fourth-order valence-electron chi connectivity index (χ4n) is 4.40. The summed E-state index contributed by atoms with van der Waals surface area (Å²) >= 11 is 0. The molecule has 0 aromatic heterocycles. The lowest BCUT2D eigenvalue weighted by Gasteiger charge is -2.24. The van der Waals surface area contributed by atoms with Crippen LogP contribution in [0.3, 0.4) is 0 Å². The standard InChI is InChI=1S/C28H35N3O6/c1-16(2)37-26-11-8-18(12-19(26)13-29)28(36-4)31-17(3)20-6-5-7-22-21(20)9-10-23(22)30-14-24(33)27(35)25(34)15-32/h5-8,11-12,16,23-25,27,30,32-35H,3,9-10,14-15H2,1-2,4H3. The average molecular weight is 510 g/mol. The van der Waals surface area contributed by atoms with Crippen LogP contribution in [0.15, 0.2) is 48.0 Å². The molecule has 0 heterocycles. The fraction of sp³-hybridized carbons (Fsp3) is 0.429. The predicted molar refractivity (Wildman–Crippen MR) is 140 cm³/mol. The number of benzene rings is 2. The minimum atomic E-state index is -1.45. The van der Waals surface area contributed by atoms with E-state index in [-0.39, 0.29) is 18.7 Å². The average Bonchev–Trinajstić information content (AvgIpc) is 3.32. The van der Waals surface area contributed by atoms with Crippen LogP contribution in [0.4, 0.5) is 0 Å². The van der Waals surface area contributed by atoms with E-state index in [1.807, 2.05) is 32.0 Å². The normalized spacial score (nSPS) is 17.6. The van der Waals surface area contributed by atoms with Gasteiger partial charge in [-0.25, -0.2) is 4.99 Å². The van der Waals surface area contributed by atoms with Crippen molar-refractivity contribution < 1.29 is 29.9 Å².